The van der Waals surface area contributed by atoms with Crippen LogP contribution in [0.3, 0.4) is 0 Å². The molecule has 1 N–H and O–H groups in total. The number of amides is 1. The second-order valence-corrected chi connectivity index (χ2v) is 7.64. The van der Waals surface area contributed by atoms with Crippen LogP contribution in [-0.4, -0.2) is 21.7 Å². The number of rotatable bonds is 3. The Kier molecular flexibility index (Phi) is 4.79. The zero-order valence-corrected chi connectivity index (χ0v) is 16.4. The predicted octanol–water partition coefficient (Wildman–Crippen LogP) is 4.81. The first kappa shape index (κ1) is 20.3. The molecule has 0 atom stereocenters. The number of halogens is 3. The van der Waals surface area contributed by atoms with Crippen LogP contribution >= 0.6 is 12.2 Å². The number of benzene rings is 2. The number of carbonyl (C=O) groups excluding carboxylic acids is 1. The first-order chi connectivity index (χ1) is 14.2. The third kappa shape index (κ3) is 2.95. The molecule has 1 amide bonds. The number of anilines is 2. The van der Waals surface area contributed by atoms with Crippen molar-refractivity contribution in [3.63, 3.8) is 0 Å². The largest absolute Gasteiger partial charge is 0.407 e. The topological polar surface area (TPSA) is 48.1 Å². The molecule has 0 aromatic heterocycles. The van der Waals surface area contributed by atoms with E-state index in [4.69, 9.17) is 18.8 Å². The zero-order valence-electron chi connectivity index (χ0n) is 15.6. The fourth-order valence-electron chi connectivity index (χ4n) is 3.95. The fraction of sp³-hybridized carbons (Fsp3) is 0.286. The summed E-state index contributed by atoms with van der Waals surface area (Å²) in [4.78, 5) is 19.1. The van der Waals surface area contributed by atoms with Gasteiger partial charge in [-0.3, -0.25) is 9.69 Å². The van der Waals surface area contributed by atoms with Crippen molar-refractivity contribution in [2.45, 2.75) is 37.6 Å². The van der Waals surface area contributed by atoms with Crippen molar-refractivity contribution < 1.29 is 23.1 Å². The van der Waals surface area contributed by atoms with E-state index in [2.05, 4.69) is 4.85 Å². The van der Waals surface area contributed by atoms with Gasteiger partial charge in [-0.05, 0) is 61.3 Å². The summed E-state index contributed by atoms with van der Waals surface area (Å²) >= 11 is 5.55. The SMILES string of the molecule is [C-]#[N+]c1ccc(N2C(=O)C3(CCC3)N(c3ccc(CO)cc3)C2=S)cc1C(F)(F)F. The Morgan fingerprint density at radius 1 is 1.13 bits per heavy atom. The molecule has 1 saturated carbocycles. The second kappa shape index (κ2) is 7.07. The van der Waals surface area contributed by atoms with E-state index >= 15 is 0 Å². The van der Waals surface area contributed by atoms with Gasteiger partial charge in [0.2, 0.25) is 0 Å². The Labute approximate surface area is 176 Å². The van der Waals surface area contributed by atoms with E-state index < -0.39 is 23.0 Å². The van der Waals surface area contributed by atoms with Crippen molar-refractivity contribution in [2.24, 2.45) is 0 Å². The van der Waals surface area contributed by atoms with Gasteiger partial charge < -0.3 is 10.0 Å². The van der Waals surface area contributed by atoms with Gasteiger partial charge >= 0.3 is 6.18 Å². The molecule has 2 aromatic rings. The summed E-state index contributed by atoms with van der Waals surface area (Å²) < 4.78 is 40.3. The number of hydrogen-bond acceptors (Lipinski definition) is 3. The molecular weight excluding hydrogens is 415 g/mol. The fourth-order valence-corrected chi connectivity index (χ4v) is 4.41. The molecule has 0 bridgehead atoms. The molecule has 0 unspecified atom stereocenters. The third-order valence-electron chi connectivity index (χ3n) is 5.63. The number of thiocarbonyl (C=S) groups is 1. The van der Waals surface area contributed by atoms with E-state index in [1.807, 2.05) is 0 Å². The van der Waals surface area contributed by atoms with Crippen LogP contribution in [-0.2, 0) is 17.6 Å². The van der Waals surface area contributed by atoms with Gasteiger partial charge in [-0.1, -0.05) is 18.2 Å². The van der Waals surface area contributed by atoms with Crippen molar-refractivity contribution in [1.82, 2.24) is 0 Å². The van der Waals surface area contributed by atoms with Gasteiger partial charge in [0.05, 0.1) is 18.7 Å². The maximum Gasteiger partial charge on any atom is 0.407 e. The van der Waals surface area contributed by atoms with Gasteiger partial charge in [-0.25, -0.2) is 4.85 Å². The van der Waals surface area contributed by atoms with Crippen LogP contribution in [0.25, 0.3) is 4.85 Å². The lowest BCUT2D eigenvalue weighted by Gasteiger charge is -2.43. The molecule has 1 saturated heterocycles. The van der Waals surface area contributed by atoms with E-state index in [1.165, 1.54) is 6.07 Å². The third-order valence-corrected chi connectivity index (χ3v) is 6.00. The van der Waals surface area contributed by atoms with Crippen LogP contribution in [0.15, 0.2) is 42.5 Å². The highest BCUT2D eigenvalue weighted by Crippen LogP contribution is 2.48. The molecule has 154 valence electrons. The number of hydrogen-bond donors (Lipinski definition) is 1. The Morgan fingerprint density at radius 2 is 1.77 bits per heavy atom. The standard InChI is InChI=1S/C21H16F3N3O2S/c1-25-17-8-7-15(11-16(17)21(22,23)24)26-18(29)20(9-2-10-20)27(19(26)30)14-5-3-13(12-28)4-6-14/h3-8,11,28H,2,9-10,12H2. The summed E-state index contributed by atoms with van der Waals surface area (Å²) in [5.74, 6) is -0.367. The van der Waals surface area contributed by atoms with Gasteiger partial charge in [0.15, 0.2) is 10.8 Å². The number of aliphatic hydroxyl groups is 1. The normalized spacial score (nSPS) is 18.0. The molecule has 9 heteroatoms. The molecule has 2 fully saturated rings. The van der Waals surface area contributed by atoms with Gasteiger partial charge in [0.1, 0.15) is 5.54 Å². The van der Waals surface area contributed by atoms with Gasteiger partial charge in [0, 0.05) is 11.4 Å². The van der Waals surface area contributed by atoms with Gasteiger partial charge in [-0.2, -0.15) is 13.2 Å². The van der Waals surface area contributed by atoms with E-state index in [0.29, 0.717) is 24.1 Å². The van der Waals surface area contributed by atoms with Crippen LogP contribution in [0.4, 0.5) is 30.2 Å². The van der Waals surface area contributed by atoms with Crippen molar-refractivity contribution >= 4 is 40.3 Å². The quantitative estimate of drug-likeness (QED) is 0.560. The van der Waals surface area contributed by atoms with E-state index in [1.54, 1.807) is 29.2 Å². The molecule has 0 radical (unpaired) electrons. The molecule has 30 heavy (non-hydrogen) atoms. The zero-order chi connectivity index (χ0) is 21.7. The Balaban J connectivity index is 1.80. The lowest BCUT2D eigenvalue weighted by molar-refractivity contribution is -0.136. The van der Waals surface area contributed by atoms with E-state index in [9.17, 15) is 23.1 Å². The molecule has 4 rings (SSSR count). The first-order valence-corrected chi connectivity index (χ1v) is 9.61. The lowest BCUT2D eigenvalue weighted by Crippen LogP contribution is -2.55. The highest BCUT2D eigenvalue weighted by Gasteiger charge is 2.59. The van der Waals surface area contributed by atoms with E-state index in [-0.39, 0.29) is 23.3 Å². The average molecular weight is 431 g/mol. The molecule has 5 nitrogen and oxygen atoms in total. The smallest absolute Gasteiger partial charge is 0.392 e. The summed E-state index contributed by atoms with van der Waals surface area (Å²) in [5.41, 5.74) is -1.22. The maximum absolute atomic E-state index is 13.4. The number of nitrogens with zero attached hydrogens (tertiary/aromatic N) is 3. The number of aliphatic hydroxyl groups excluding tert-OH is 1. The summed E-state index contributed by atoms with van der Waals surface area (Å²) in [6.07, 6.45) is -2.85. The lowest BCUT2D eigenvalue weighted by atomic mass is 9.75. The summed E-state index contributed by atoms with van der Waals surface area (Å²) in [5, 5.41) is 9.36. The van der Waals surface area contributed by atoms with Crippen LogP contribution in [0, 0.1) is 6.57 Å². The Morgan fingerprint density at radius 3 is 2.27 bits per heavy atom. The molecule has 1 heterocycles. The van der Waals surface area contributed by atoms with Crippen molar-refractivity contribution in [2.75, 3.05) is 9.80 Å². The van der Waals surface area contributed by atoms with Crippen molar-refractivity contribution in [1.29, 1.82) is 0 Å². The molecule has 2 aromatic carbocycles. The molecular formula is C21H16F3N3O2S. The summed E-state index contributed by atoms with van der Waals surface area (Å²) in [6, 6.07) is 10.1. The van der Waals surface area contributed by atoms with Crippen LogP contribution in [0.5, 0.6) is 0 Å². The first-order valence-electron chi connectivity index (χ1n) is 9.20. The summed E-state index contributed by atoms with van der Waals surface area (Å²) in [7, 11) is 0. The van der Waals surface area contributed by atoms with E-state index in [0.717, 1.165) is 23.5 Å². The van der Waals surface area contributed by atoms with Crippen LogP contribution < -0.4 is 9.80 Å². The van der Waals surface area contributed by atoms with Gasteiger partial charge in [-0.15, -0.1) is 0 Å². The average Bonchev–Trinajstić information content (AvgIpc) is 2.93. The predicted molar refractivity (Wildman–Crippen MR) is 109 cm³/mol. The number of carbonyl (C=O) groups is 1. The highest BCUT2D eigenvalue weighted by molar-refractivity contribution is 7.81. The second-order valence-electron chi connectivity index (χ2n) is 7.28. The maximum atomic E-state index is 13.4. The van der Waals surface area contributed by atoms with Crippen molar-refractivity contribution in [3.05, 3.63) is 65.0 Å². The molecule has 1 aliphatic heterocycles. The summed E-state index contributed by atoms with van der Waals surface area (Å²) in [6.45, 7) is 6.87. The molecule has 1 spiro atoms. The van der Waals surface area contributed by atoms with Crippen LogP contribution in [0.2, 0.25) is 0 Å². The Hall–Kier alpha value is -2.96. The minimum Gasteiger partial charge on any atom is -0.392 e. The molecule has 1 aliphatic carbocycles. The molecule has 2 aliphatic rings. The van der Waals surface area contributed by atoms with Gasteiger partial charge in [0.25, 0.3) is 5.91 Å². The number of alkyl halides is 3. The minimum absolute atomic E-state index is 0.00882. The monoisotopic (exact) mass is 431 g/mol. The van der Waals surface area contributed by atoms with Crippen LogP contribution in [0.1, 0.15) is 30.4 Å². The van der Waals surface area contributed by atoms with Crippen molar-refractivity contribution in [3.8, 4) is 0 Å². The Bertz CT molecular complexity index is 1070. The minimum atomic E-state index is -4.73. The highest BCUT2D eigenvalue weighted by atomic mass is 32.1.